The Balaban J connectivity index is 1.84. The van der Waals surface area contributed by atoms with Crippen molar-refractivity contribution in [2.75, 3.05) is 11.9 Å². The summed E-state index contributed by atoms with van der Waals surface area (Å²) in [6.07, 6.45) is -0.987. The highest BCUT2D eigenvalue weighted by atomic mass is 35.5. The van der Waals surface area contributed by atoms with Gasteiger partial charge in [-0.3, -0.25) is 4.79 Å². The molecule has 2 aromatic rings. The van der Waals surface area contributed by atoms with E-state index in [1.165, 1.54) is 6.92 Å². The molecule has 1 amide bonds. The second kappa shape index (κ2) is 8.43. The van der Waals surface area contributed by atoms with Crippen molar-refractivity contribution in [2.45, 2.75) is 13.0 Å². The van der Waals surface area contributed by atoms with Gasteiger partial charge in [-0.1, -0.05) is 17.7 Å². The van der Waals surface area contributed by atoms with E-state index in [-0.39, 0.29) is 0 Å². The second-order valence-corrected chi connectivity index (χ2v) is 5.40. The Morgan fingerprint density at radius 1 is 1.12 bits per heavy atom. The fourth-order valence-corrected chi connectivity index (χ4v) is 1.94. The van der Waals surface area contributed by atoms with E-state index in [4.69, 9.17) is 21.1 Å². The maximum atomic E-state index is 13.4. The Morgan fingerprint density at radius 3 is 2.32 bits per heavy atom. The van der Waals surface area contributed by atoms with Crippen molar-refractivity contribution >= 4 is 29.2 Å². The molecule has 2 aromatic carbocycles. The summed E-state index contributed by atoms with van der Waals surface area (Å²) in [6.45, 7) is 0.728. The van der Waals surface area contributed by atoms with Gasteiger partial charge in [-0.05, 0) is 43.3 Å². The fraction of sp³-hybridized carbons (Fsp3) is 0.176. The minimum absolute atomic E-state index is 0.395. The molecule has 0 aromatic heterocycles. The van der Waals surface area contributed by atoms with Crippen LogP contribution in [0.3, 0.4) is 0 Å². The number of nitrogens with one attached hydrogen (secondary N) is 1. The summed E-state index contributed by atoms with van der Waals surface area (Å²) in [4.78, 5) is 23.5. The van der Waals surface area contributed by atoms with Crippen LogP contribution < -0.4 is 10.1 Å². The first kappa shape index (κ1) is 18.7. The summed E-state index contributed by atoms with van der Waals surface area (Å²) in [5.41, 5.74) is -0.603. The number of hydrogen-bond donors (Lipinski definition) is 1. The number of ether oxygens (including phenoxy) is 2. The van der Waals surface area contributed by atoms with Gasteiger partial charge >= 0.3 is 5.97 Å². The highest BCUT2D eigenvalue weighted by Crippen LogP contribution is 2.18. The van der Waals surface area contributed by atoms with Gasteiger partial charge in [-0.25, -0.2) is 13.6 Å². The van der Waals surface area contributed by atoms with Gasteiger partial charge in [0.25, 0.3) is 5.91 Å². The first-order chi connectivity index (χ1) is 11.9. The molecule has 0 heterocycles. The lowest BCUT2D eigenvalue weighted by molar-refractivity contribution is -0.153. The number of benzene rings is 2. The topological polar surface area (TPSA) is 64.6 Å². The van der Waals surface area contributed by atoms with E-state index >= 15 is 0 Å². The van der Waals surface area contributed by atoms with E-state index in [2.05, 4.69) is 0 Å². The third-order valence-corrected chi connectivity index (χ3v) is 3.28. The zero-order valence-electron chi connectivity index (χ0n) is 13.1. The average Bonchev–Trinajstić information content (AvgIpc) is 2.58. The highest BCUT2D eigenvalue weighted by molar-refractivity contribution is 6.30. The zero-order chi connectivity index (χ0) is 18.4. The molecule has 0 fully saturated rings. The van der Waals surface area contributed by atoms with Crippen molar-refractivity contribution in [3.63, 3.8) is 0 Å². The van der Waals surface area contributed by atoms with Gasteiger partial charge in [-0.15, -0.1) is 0 Å². The molecule has 1 atom stereocenters. The number of halogens is 3. The number of amides is 1. The lowest BCUT2D eigenvalue weighted by Gasteiger charge is -2.14. The molecule has 0 saturated heterocycles. The predicted molar refractivity (Wildman–Crippen MR) is 87.5 cm³/mol. The van der Waals surface area contributed by atoms with Gasteiger partial charge in [0.1, 0.15) is 23.1 Å². The van der Waals surface area contributed by atoms with Crippen LogP contribution >= 0.6 is 11.6 Å². The molecular formula is C17H14ClF2NO4. The smallest absolute Gasteiger partial charge is 0.347 e. The molecule has 0 bridgehead atoms. The van der Waals surface area contributed by atoms with Crippen molar-refractivity contribution in [1.82, 2.24) is 0 Å². The van der Waals surface area contributed by atoms with Crippen LogP contribution in [0.5, 0.6) is 5.75 Å². The molecular weight excluding hydrogens is 356 g/mol. The molecule has 25 heavy (non-hydrogen) atoms. The third-order valence-electron chi connectivity index (χ3n) is 3.03. The van der Waals surface area contributed by atoms with Gasteiger partial charge in [0.2, 0.25) is 0 Å². The standard InChI is InChI=1S/C17H14ClF2NO4/c1-10(25-12-7-5-11(18)6-8-12)17(23)24-9-15(22)21-16-13(19)3-2-4-14(16)20/h2-8,10H,9H2,1H3,(H,21,22)/t10-/m1/s1. The molecule has 0 unspecified atom stereocenters. The number of esters is 1. The summed E-state index contributed by atoms with van der Waals surface area (Å²) in [6, 6.07) is 9.46. The predicted octanol–water partition coefficient (Wildman–Crippen LogP) is 3.57. The summed E-state index contributed by atoms with van der Waals surface area (Å²) in [5.74, 6) is -3.15. The number of carbonyl (C=O) groups excluding carboxylic acids is 2. The summed E-state index contributed by atoms with van der Waals surface area (Å²) < 4.78 is 36.9. The van der Waals surface area contributed by atoms with Crippen molar-refractivity contribution < 1.29 is 27.8 Å². The van der Waals surface area contributed by atoms with E-state index < -0.39 is 41.9 Å². The monoisotopic (exact) mass is 369 g/mol. The lowest BCUT2D eigenvalue weighted by Crippen LogP contribution is -2.30. The van der Waals surface area contributed by atoms with Crippen molar-refractivity contribution in [3.8, 4) is 5.75 Å². The van der Waals surface area contributed by atoms with E-state index in [1.807, 2.05) is 5.32 Å². The highest BCUT2D eigenvalue weighted by Gasteiger charge is 2.19. The molecule has 0 saturated carbocycles. The summed E-state index contributed by atoms with van der Waals surface area (Å²) >= 11 is 5.74. The van der Waals surface area contributed by atoms with Crippen LogP contribution in [0.1, 0.15) is 6.92 Å². The molecule has 2 rings (SSSR count). The van der Waals surface area contributed by atoms with E-state index in [0.717, 1.165) is 18.2 Å². The first-order valence-corrected chi connectivity index (χ1v) is 7.57. The van der Waals surface area contributed by atoms with Gasteiger partial charge < -0.3 is 14.8 Å². The fourth-order valence-electron chi connectivity index (χ4n) is 1.81. The van der Waals surface area contributed by atoms with Crippen LogP contribution in [0.2, 0.25) is 5.02 Å². The summed E-state index contributed by atoms with van der Waals surface area (Å²) in [7, 11) is 0. The Bertz CT molecular complexity index is 747. The average molecular weight is 370 g/mol. The van der Waals surface area contributed by atoms with Crippen LogP contribution in [-0.2, 0) is 14.3 Å². The second-order valence-electron chi connectivity index (χ2n) is 4.97. The molecule has 0 aliphatic carbocycles. The number of rotatable bonds is 6. The molecule has 8 heteroatoms. The SMILES string of the molecule is C[C@@H](Oc1ccc(Cl)cc1)C(=O)OCC(=O)Nc1c(F)cccc1F. The van der Waals surface area contributed by atoms with Gasteiger partial charge in [0.15, 0.2) is 12.7 Å². The van der Waals surface area contributed by atoms with Crippen molar-refractivity contribution in [1.29, 1.82) is 0 Å². The molecule has 0 spiro atoms. The quantitative estimate of drug-likeness (QED) is 0.791. The van der Waals surface area contributed by atoms with Crippen LogP contribution in [0.25, 0.3) is 0 Å². The third kappa shape index (κ3) is 5.42. The number of hydrogen-bond acceptors (Lipinski definition) is 4. The van der Waals surface area contributed by atoms with Gasteiger partial charge in [0.05, 0.1) is 0 Å². The van der Waals surface area contributed by atoms with E-state index in [0.29, 0.717) is 10.8 Å². The van der Waals surface area contributed by atoms with Crippen LogP contribution in [0.4, 0.5) is 14.5 Å². The Hall–Kier alpha value is -2.67. The van der Waals surface area contributed by atoms with E-state index in [1.54, 1.807) is 24.3 Å². The van der Waals surface area contributed by atoms with Gasteiger partial charge in [-0.2, -0.15) is 0 Å². The minimum Gasteiger partial charge on any atom is -0.479 e. The number of anilines is 1. The van der Waals surface area contributed by atoms with E-state index in [9.17, 15) is 18.4 Å². The Labute approximate surface area is 147 Å². The molecule has 5 nitrogen and oxygen atoms in total. The minimum atomic E-state index is -0.987. The maximum Gasteiger partial charge on any atom is 0.347 e. The number of para-hydroxylation sites is 1. The molecule has 1 N–H and O–H groups in total. The Kier molecular flexibility index (Phi) is 6.30. The first-order valence-electron chi connectivity index (χ1n) is 7.19. The Morgan fingerprint density at radius 2 is 1.72 bits per heavy atom. The normalized spacial score (nSPS) is 11.5. The van der Waals surface area contributed by atoms with Crippen LogP contribution in [0, 0.1) is 11.6 Å². The summed E-state index contributed by atoms with van der Waals surface area (Å²) in [5, 5.41) is 2.52. The molecule has 0 aliphatic rings. The largest absolute Gasteiger partial charge is 0.479 e. The molecule has 0 radical (unpaired) electrons. The molecule has 132 valence electrons. The lowest BCUT2D eigenvalue weighted by atomic mass is 10.3. The number of carbonyl (C=O) groups is 2. The van der Waals surface area contributed by atoms with Gasteiger partial charge in [0, 0.05) is 5.02 Å². The van der Waals surface area contributed by atoms with Crippen LogP contribution in [-0.4, -0.2) is 24.6 Å². The van der Waals surface area contributed by atoms with Crippen molar-refractivity contribution in [2.24, 2.45) is 0 Å². The van der Waals surface area contributed by atoms with Crippen LogP contribution in [0.15, 0.2) is 42.5 Å². The van der Waals surface area contributed by atoms with Crippen molar-refractivity contribution in [3.05, 3.63) is 59.1 Å². The maximum absolute atomic E-state index is 13.4. The zero-order valence-corrected chi connectivity index (χ0v) is 13.8. The molecule has 0 aliphatic heterocycles.